The molecule has 0 saturated carbocycles. The number of aromatic nitrogens is 2. The van der Waals surface area contributed by atoms with Crippen LogP contribution in [0, 0.1) is 0 Å². The maximum atomic E-state index is 13.0. The van der Waals surface area contributed by atoms with Crippen molar-refractivity contribution in [2.75, 3.05) is 7.05 Å². The van der Waals surface area contributed by atoms with Crippen LogP contribution in [0.5, 0.6) is 0 Å². The minimum absolute atomic E-state index is 0.00985. The van der Waals surface area contributed by atoms with Crippen molar-refractivity contribution in [3.8, 4) is 0 Å². The highest BCUT2D eigenvalue weighted by Crippen LogP contribution is 2.28. The Morgan fingerprint density at radius 2 is 1.96 bits per heavy atom. The van der Waals surface area contributed by atoms with Crippen LogP contribution in [0.4, 0.5) is 0 Å². The summed E-state index contributed by atoms with van der Waals surface area (Å²) in [5.74, 6) is 0.769. The summed E-state index contributed by atoms with van der Waals surface area (Å²) in [6.07, 6.45) is 0. The van der Waals surface area contributed by atoms with Gasteiger partial charge >= 0.3 is 0 Å². The third-order valence-corrected chi connectivity index (χ3v) is 6.80. The summed E-state index contributed by atoms with van der Waals surface area (Å²) in [4.78, 5) is 24.7. The second kappa shape index (κ2) is 8.21. The van der Waals surface area contributed by atoms with Gasteiger partial charge in [-0.25, -0.2) is 9.97 Å². The standard InChI is InChI=1S/C20H17N3OS3/c1-23(10-19-22-16-7-3-5-9-18(16)27-19)20(24)15-6-2-4-8-17(15)26-12-14-11-25-13-21-14/h2-9,11,13H,10,12H2,1H3. The number of para-hydroxylation sites is 1. The molecule has 0 saturated heterocycles. The van der Waals surface area contributed by atoms with Gasteiger partial charge in [0.25, 0.3) is 5.91 Å². The first kappa shape index (κ1) is 18.2. The lowest BCUT2D eigenvalue weighted by Crippen LogP contribution is -2.26. The Bertz CT molecular complexity index is 1030. The van der Waals surface area contributed by atoms with E-state index in [1.165, 1.54) is 0 Å². The zero-order chi connectivity index (χ0) is 18.6. The molecule has 2 aromatic carbocycles. The number of hydrogen-bond acceptors (Lipinski definition) is 6. The molecule has 0 aliphatic carbocycles. The first-order valence-electron chi connectivity index (χ1n) is 8.39. The van der Waals surface area contributed by atoms with Crippen molar-refractivity contribution in [2.24, 2.45) is 0 Å². The van der Waals surface area contributed by atoms with Crippen molar-refractivity contribution in [2.45, 2.75) is 17.2 Å². The lowest BCUT2D eigenvalue weighted by Gasteiger charge is -2.17. The Labute approximate surface area is 169 Å². The molecule has 0 fully saturated rings. The van der Waals surface area contributed by atoms with Crippen LogP contribution in [0.25, 0.3) is 10.2 Å². The molecule has 7 heteroatoms. The molecule has 0 radical (unpaired) electrons. The van der Waals surface area contributed by atoms with Gasteiger partial charge in [0.2, 0.25) is 0 Å². The number of amides is 1. The molecule has 1 amide bonds. The predicted octanol–water partition coefficient (Wildman–Crippen LogP) is 5.32. The Kier molecular flexibility index (Phi) is 5.52. The lowest BCUT2D eigenvalue weighted by molar-refractivity contribution is 0.0781. The number of nitrogens with zero attached hydrogens (tertiary/aromatic N) is 3. The molecule has 27 heavy (non-hydrogen) atoms. The first-order valence-corrected chi connectivity index (χ1v) is 11.1. The molecule has 2 heterocycles. The van der Waals surface area contributed by atoms with Crippen molar-refractivity contribution < 1.29 is 4.79 Å². The lowest BCUT2D eigenvalue weighted by atomic mass is 10.2. The number of thioether (sulfide) groups is 1. The number of benzene rings is 2. The fraction of sp³-hybridized carbons (Fsp3) is 0.150. The topological polar surface area (TPSA) is 46.1 Å². The van der Waals surface area contributed by atoms with E-state index < -0.39 is 0 Å². The quantitative estimate of drug-likeness (QED) is 0.403. The Morgan fingerprint density at radius 1 is 1.15 bits per heavy atom. The Hall–Kier alpha value is -2.22. The monoisotopic (exact) mass is 411 g/mol. The van der Waals surface area contributed by atoms with E-state index in [4.69, 9.17) is 0 Å². The van der Waals surface area contributed by atoms with Crippen LogP contribution in [0.2, 0.25) is 0 Å². The number of rotatable bonds is 6. The van der Waals surface area contributed by atoms with Gasteiger partial charge in [0, 0.05) is 23.1 Å². The van der Waals surface area contributed by atoms with Gasteiger partial charge in [-0.1, -0.05) is 24.3 Å². The van der Waals surface area contributed by atoms with Crippen LogP contribution < -0.4 is 0 Å². The molecule has 0 aliphatic rings. The zero-order valence-electron chi connectivity index (χ0n) is 14.7. The van der Waals surface area contributed by atoms with Gasteiger partial charge in [-0.15, -0.1) is 34.4 Å². The van der Waals surface area contributed by atoms with E-state index >= 15 is 0 Å². The fourth-order valence-electron chi connectivity index (χ4n) is 2.70. The van der Waals surface area contributed by atoms with Gasteiger partial charge in [0.1, 0.15) is 5.01 Å². The molecule has 4 rings (SSSR count). The highest BCUT2D eigenvalue weighted by molar-refractivity contribution is 7.98. The van der Waals surface area contributed by atoms with Gasteiger partial charge in [-0.3, -0.25) is 4.79 Å². The number of thiazole rings is 2. The normalized spacial score (nSPS) is 11.0. The summed E-state index contributed by atoms with van der Waals surface area (Å²) < 4.78 is 1.15. The maximum absolute atomic E-state index is 13.0. The molecule has 0 spiro atoms. The van der Waals surface area contributed by atoms with Crippen molar-refractivity contribution in [3.05, 3.63) is 75.7 Å². The van der Waals surface area contributed by atoms with Crippen LogP contribution in [-0.2, 0) is 12.3 Å². The van der Waals surface area contributed by atoms with E-state index in [1.807, 2.05) is 60.4 Å². The number of hydrogen-bond donors (Lipinski definition) is 0. The molecule has 4 nitrogen and oxygen atoms in total. The summed E-state index contributed by atoms with van der Waals surface area (Å²) in [6.45, 7) is 0.503. The van der Waals surface area contributed by atoms with Crippen LogP contribution in [0.15, 0.2) is 64.3 Å². The highest BCUT2D eigenvalue weighted by atomic mass is 32.2. The smallest absolute Gasteiger partial charge is 0.255 e. The van der Waals surface area contributed by atoms with Crippen molar-refractivity contribution >= 4 is 50.6 Å². The van der Waals surface area contributed by atoms with Gasteiger partial charge < -0.3 is 4.90 Å². The van der Waals surface area contributed by atoms with E-state index in [9.17, 15) is 4.79 Å². The third kappa shape index (κ3) is 4.21. The van der Waals surface area contributed by atoms with Crippen molar-refractivity contribution in [1.29, 1.82) is 0 Å². The van der Waals surface area contributed by atoms with Gasteiger partial charge in [0.15, 0.2) is 0 Å². The zero-order valence-corrected chi connectivity index (χ0v) is 17.1. The third-order valence-electron chi connectivity index (χ3n) is 4.03. The van der Waals surface area contributed by atoms with Crippen LogP contribution in [0.1, 0.15) is 21.1 Å². The average Bonchev–Trinajstić information content (AvgIpc) is 3.35. The average molecular weight is 412 g/mol. The fourth-order valence-corrected chi connectivity index (χ4v) is 5.33. The highest BCUT2D eigenvalue weighted by Gasteiger charge is 2.17. The minimum Gasteiger partial charge on any atom is -0.335 e. The molecule has 0 atom stereocenters. The second-order valence-corrected chi connectivity index (χ2v) is 8.85. The minimum atomic E-state index is 0.00985. The van der Waals surface area contributed by atoms with Crippen molar-refractivity contribution in [1.82, 2.24) is 14.9 Å². The van der Waals surface area contributed by atoms with Crippen molar-refractivity contribution in [3.63, 3.8) is 0 Å². The summed E-state index contributed by atoms with van der Waals surface area (Å²) >= 11 is 4.87. The molecule has 0 bridgehead atoms. The largest absolute Gasteiger partial charge is 0.335 e. The number of carbonyl (C=O) groups excluding carboxylic acids is 1. The Balaban J connectivity index is 1.49. The van der Waals surface area contributed by atoms with E-state index in [0.717, 1.165) is 37.1 Å². The molecule has 2 aromatic heterocycles. The first-order chi connectivity index (χ1) is 13.2. The summed E-state index contributed by atoms with van der Waals surface area (Å²) in [6, 6.07) is 15.8. The molecule has 4 aromatic rings. The maximum Gasteiger partial charge on any atom is 0.255 e. The van der Waals surface area contributed by atoms with Crippen LogP contribution in [-0.4, -0.2) is 27.8 Å². The predicted molar refractivity (Wildman–Crippen MR) is 114 cm³/mol. The van der Waals surface area contributed by atoms with E-state index in [0.29, 0.717) is 6.54 Å². The molecule has 0 aliphatic heterocycles. The summed E-state index contributed by atoms with van der Waals surface area (Å²) in [7, 11) is 1.83. The van der Waals surface area contributed by atoms with Crippen LogP contribution in [0.3, 0.4) is 0 Å². The summed E-state index contributed by atoms with van der Waals surface area (Å²) in [5.41, 5.74) is 4.58. The van der Waals surface area contributed by atoms with E-state index in [1.54, 1.807) is 39.3 Å². The molecule has 136 valence electrons. The molecular formula is C20H17N3OS3. The van der Waals surface area contributed by atoms with Crippen LogP contribution >= 0.6 is 34.4 Å². The van der Waals surface area contributed by atoms with Gasteiger partial charge in [-0.2, -0.15) is 0 Å². The van der Waals surface area contributed by atoms with E-state index in [-0.39, 0.29) is 5.91 Å². The molecule has 0 N–H and O–H groups in total. The number of carbonyl (C=O) groups is 1. The SMILES string of the molecule is CN(Cc1nc2ccccc2s1)C(=O)c1ccccc1SCc1cscn1. The van der Waals surface area contributed by atoms with Gasteiger partial charge in [0.05, 0.1) is 33.5 Å². The second-order valence-electron chi connectivity index (χ2n) is 6.00. The summed E-state index contributed by atoms with van der Waals surface area (Å²) in [5, 5.41) is 2.98. The molecular weight excluding hydrogens is 394 g/mol. The van der Waals surface area contributed by atoms with Gasteiger partial charge in [-0.05, 0) is 24.3 Å². The van der Waals surface area contributed by atoms with E-state index in [2.05, 4.69) is 16.0 Å². The molecule has 0 unspecified atom stereocenters. The number of fused-ring (bicyclic) bond motifs is 1. The Morgan fingerprint density at radius 3 is 2.78 bits per heavy atom.